The number of alkyl halides is 2. The van der Waals surface area contributed by atoms with Gasteiger partial charge in [0.25, 0.3) is 5.91 Å². The molecule has 1 N–H and O–H groups in total. The molecule has 3 heterocycles. The Bertz CT molecular complexity index is 1220. The van der Waals surface area contributed by atoms with Gasteiger partial charge in [0, 0.05) is 35.7 Å². The van der Waals surface area contributed by atoms with Crippen LogP contribution >= 0.6 is 11.6 Å². The average molecular weight is 433 g/mol. The summed E-state index contributed by atoms with van der Waals surface area (Å²) in [7, 11) is 0. The maximum Gasteiger partial charge on any atom is 0.387 e. The molecule has 0 saturated heterocycles. The summed E-state index contributed by atoms with van der Waals surface area (Å²) in [6.45, 7) is -0.681. The van der Waals surface area contributed by atoms with Crippen molar-refractivity contribution in [1.82, 2.24) is 24.4 Å². The summed E-state index contributed by atoms with van der Waals surface area (Å²) in [5.74, 6) is -0.581. The Morgan fingerprint density at radius 2 is 2.20 bits per heavy atom. The molecule has 4 rings (SSSR count). The van der Waals surface area contributed by atoms with E-state index < -0.39 is 12.5 Å². The summed E-state index contributed by atoms with van der Waals surface area (Å²) >= 11 is 6.06. The van der Waals surface area contributed by atoms with Gasteiger partial charge in [0.05, 0.1) is 11.9 Å². The number of anilines is 1. The fourth-order valence-corrected chi connectivity index (χ4v) is 3.11. The predicted octanol–water partition coefficient (Wildman–Crippen LogP) is 4.12. The number of aromatic nitrogens is 5. The van der Waals surface area contributed by atoms with Crippen molar-refractivity contribution in [2.24, 2.45) is 0 Å². The molecule has 0 bridgehead atoms. The van der Waals surface area contributed by atoms with Gasteiger partial charge in [-0.3, -0.25) is 9.48 Å². The zero-order chi connectivity index (χ0) is 21.3. The first-order chi connectivity index (χ1) is 14.5. The number of benzene rings is 1. The van der Waals surface area contributed by atoms with E-state index in [1.165, 1.54) is 28.9 Å². The van der Waals surface area contributed by atoms with Gasteiger partial charge >= 0.3 is 6.61 Å². The lowest BCUT2D eigenvalue weighted by Crippen LogP contribution is -2.12. The molecule has 154 valence electrons. The zero-order valence-electron chi connectivity index (χ0n) is 15.6. The lowest BCUT2D eigenvalue weighted by molar-refractivity contribution is -0.0494. The van der Waals surface area contributed by atoms with Crippen LogP contribution in [0.4, 0.5) is 14.5 Å². The van der Waals surface area contributed by atoms with Gasteiger partial charge in [-0.25, -0.2) is 9.50 Å². The Labute approximate surface area is 174 Å². The summed E-state index contributed by atoms with van der Waals surface area (Å²) in [5, 5.41) is 11.5. The molecule has 0 saturated carbocycles. The zero-order valence-corrected chi connectivity index (χ0v) is 16.3. The van der Waals surface area contributed by atoms with Gasteiger partial charge in [0.15, 0.2) is 5.65 Å². The van der Waals surface area contributed by atoms with Crippen LogP contribution in [0.25, 0.3) is 16.9 Å². The molecule has 1 aromatic carbocycles. The van der Waals surface area contributed by atoms with Gasteiger partial charge in [0.1, 0.15) is 17.0 Å². The highest BCUT2D eigenvalue weighted by molar-refractivity contribution is 6.31. The number of aryl methyl sites for hydroxylation is 1. The molecule has 8 nitrogen and oxygen atoms in total. The van der Waals surface area contributed by atoms with Gasteiger partial charge < -0.3 is 10.1 Å². The number of amides is 1. The predicted molar refractivity (Wildman–Crippen MR) is 106 cm³/mol. The van der Waals surface area contributed by atoms with Crippen LogP contribution in [0.15, 0.2) is 49.1 Å². The second-order valence-corrected chi connectivity index (χ2v) is 6.60. The Morgan fingerprint density at radius 1 is 1.37 bits per heavy atom. The lowest BCUT2D eigenvalue weighted by atomic mass is 10.1. The van der Waals surface area contributed by atoms with Crippen LogP contribution in [-0.2, 0) is 6.54 Å². The number of rotatable bonds is 6. The molecule has 1 amide bonds. The van der Waals surface area contributed by atoms with E-state index in [1.54, 1.807) is 29.3 Å². The summed E-state index contributed by atoms with van der Waals surface area (Å²) < 4.78 is 33.4. The van der Waals surface area contributed by atoms with E-state index in [0.717, 1.165) is 0 Å². The Kier molecular flexibility index (Phi) is 5.32. The van der Waals surface area contributed by atoms with Crippen LogP contribution in [0, 0.1) is 0 Å². The number of nitrogens with zero attached hydrogens (tertiary/aromatic N) is 5. The van der Waals surface area contributed by atoms with Crippen LogP contribution in [0.1, 0.15) is 17.3 Å². The minimum Gasteiger partial charge on any atom is -0.434 e. The molecule has 4 aromatic rings. The Balaban J connectivity index is 1.75. The second-order valence-electron chi connectivity index (χ2n) is 6.17. The number of hydrogen-bond acceptors (Lipinski definition) is 5. The second kappa shape index (κ2) is 8.07. The van der Waals surface area contributed by atoms with E-state index in [2.05, 4.69) is 25.2 Å². The smallest absolute Gasteiger partial charge is 0.387 e. The highest BCUT2D eigenvalue weighted by Crippen LogP contribution is 2.37. The quantitative estimate of drug-likeness (QED) is 0.495. The molecule has 0 radical (unpaired) electrons. The van der Waals surface area contributed by atoms with Crippen molar-refractivity contribution in [3.63, 3.8) is 0 Å². The van der Waals surface area contributed by atoms with Crippen molar-refractivity contribution in [2.75, 3.05) is 5.32 Å². The molecule has 30 heavy (non-hydrogen) atoms. The minimum atomic E-state index is -3.03. The van der Waals surface area contributed by atoms with Crippen molar-refractivity contribution in [1.29, 1.82) is 0 Å². The molecule has 0 aliphatic carbocycles. The van der Waals surface area contributed by atoms with E-state index in [0.29, 0.717) is 22.9 Å². The first kappa shape index (κ1) is 19.8. The first-order valence-corrected chi connectivity index (χ1v) is 9.26. The number of fused-ring (bicyclic) bond motifs is 1. The first-order valence-electron chi connectivity index (χ1n) is 8.88. The maximum absolute atomic E-state index is 12.9. The van der Waals surface area contributed by atoms with Gasteiger partial charge in [-0.1, -0.05) is 11.6 Å². The molecule has 11 heteroatoms. The van der Waals surface area contributed by atoms with Gasteiger partial charge in [-0.15, -0.1) is 0 Å². The standard InChI is InChI=1S/C19H15ClF2N6O2/c1-2-27-10-14(25-18(29)13-9-24-28-7-3-6-23-17(13)28)16(26-27)12-8-11(20)4-5-15(12)30-19(21)22/h3-10,19H,2H2,1H3,(H,25,29). The monoisotopic (exact) mass is 432 g/mol. The number of ether oxygens (including phenoxy) is 1. The van der Waals surface area contributed by atoms with E-state index in [4.69, 9.17) is 11.6 Å². The molecular weight excluding hydrogens is 418 g/mol. The number of nitrogens with one attached hydrogen (secondary N) is 1. The summed E-state index contributed by atoms with van der Waals surface area (Å²) in [6.07, 6.45) is 6.21. The normalized spacial score (nSPS) is 11.2. The summed E-state index contributed by atoms with van der Waals surface area (Å²) in [6, 6.07) is 5.90. The fraction of sp³-hybridized carbons (Fsp3) is 0.158. The van der Waals surface area contributed by atoms with Crippen molar-refractivity contribution < 1.29 is 18.3 Å². The fourth-order valence-electron chi connectivity index (χ4n) is 2.94. The third kappa shape index (κ3) is 3.81. The van der Waals surface area contributed by atoms with Gasteiger partial charge in [0.2, 0.25) is 0 Å². The minimum absolute atomic E-state index is 0.107. The summed E-state index contributed by atoms with van der Waals surface area (Å²) in [4.78, 5) is 17.0. The highest BCUT2D eigenvalue weighted by atomic mass is 35.5. The van der Waals surface area contributed by atoms with E-state index in [9.17, 15) is 13.6 Å². The largest absolute Gasteiger partial charge is 0.434 e. The van der Waals surface area contributed by atoms with E-state index in [-0.39, 0.29) is 22.6 Å². The van der Waals surface area contributed by atoms with Gasteiger partial charge in [-0.05, 0) is 31.2 Å². The molecular formula is C19H15ClF2N6O2. The van der Waals surface area contributed by atoms with Crippen LogP contribution in [0.3, 0.4) is 0 Å². The lowest BCUT2D eigenvalue weighted by Gasteiger charge is -2.11. The molecule has 0 atom stereocenters. The average Bonchev–Trinajstić information content (AvgIpc) is 3.33. The molecule has 0 fully saturated rings. The molecule has 3 aromatic heterocycles. The van der Waals surface area contributed by atoms with Crippen LogP contribution in [-0.4, -0.2) is 36.9 Å². The highest BCUT2D eigenvalue weighted by Gasteiger charge is 2.21. The third-order valence-corrected chi connectivity index (χ3v) is 4.51. The summed E-state index contributed by atoms with van der Waals surface area (Å²) in [5.41, 5.74) is 1.40. The van der Waals surface area contributed by atoms with Crippen molar-refractivity contribution in [2.45, 2.75) is 20.1 Å². The van der Waals surface area contributed by atoms with E-state index >= 15 is 0 Å². The third-order valence-electron chi connectivity index (χ3n) is 4.27. The number of carbonyl (C=O) groups excluding carboxylic acids is 1. The number of halogens is 3. The Hall–Kier alpha value is -3.53. The number of hydrogen-bond donors (Lipinski definition) is 1. The van der Waals surface area contributed by atoms with Gasteiger partial charge in [-0.2, -0.15) is 19.0 Å². The number of carbonyl (C=O) groups is 1. The van der Waals surface area contributed by atoms with Crippen molar-refractivity contribution >= 4 is 28.8 Å². The van der Waals surface area contributed by atoms with E-state index in [1.807, 2.05) is 6.92 Å². The van der Waals surface area contributed by atoms with Crippen LogP contribution in [0.5, 0.6) is 5.75 Å². The Morgan fingerprint density at radius 3 is 2.97 bits per heavy atom. The molecule has 0 aliphatic rings. The van der Waals surface area contributed by atoms with Crippen molar-refractivity contribution in [3.05, 3.63) is 59.6 Å². The topological polar surface area (TPSA) is 86.3 Å². The van der Waals surface area contributed by atoms with Crippen LogP contribution < -0.4 is 10.1 Å². The van der Waals surface area contributed by atoms with Crippen LogP contribution in [0.2, 0.25) is 5.02 Å². The van der Waals surface area contributed by atoms with Crippen molar-refractivity contribution in [3.8, 4) is 17.0 Å². The molecule has 0 spiro atoms. The SMILES string of the molecule is CCn1cc(NC(=O)c2cnn3cccnc23)c(-c2cc(Cl)ccc2OC(F)F)n1. The molecule has 0 unspecified atom stereocenters. The maximum atomic E-state index is 12.9. The molecule has 0 aliphatic heterocycles.